The SMILES string of the molecule is Cc1ccc(C(NC=O)C(=O)O)cc1C. The molecule has 0 saturated heterocycles. The van der Waals surface area contributed by atoms with Crippen LogP contribution >= 0.6 is 0 Å². The summed E-state index contributed by atoms with van der Waals surface area (Å²) in [5.74, 6) is -1.06. The molecule has 0 radical (unpaired) electrons. The second-order valence-electron chi connectivity index (χ2n) is 3.40. The highest BCUT2D eigenvalue weighted by molar-refractivity contribution is 5.78. The number of hydrogen-bond acceptors (Lipinski definition) is 2. The van der Waals surface area contributed by atoms with E-state index in [1.807, 2.05) is 19.9 Å². The van der Waals surface area contributed by atoms with E-state index >= 15 is 0 Å². The molecule has 0 bridgehead atoms. The molecule has 0 saturated carbocycles. The van der Waals surface area contributed by atoms with Crippen molar-refractivity contribution in [1.82, 2.24) is 5.32 Å². The van der Waals surface area contributed by atoms with Gasteiger partial charge in [-0.05, 0) is 30.5 Å². The van der Waals surface area contributed by atoms with Crippen LogP contribution < -0.4 is 5.32 Å². The van der Waals surface area contributed by atoms with E-state index in [-0.39, 0.29) is 0 Å². The molecule has 1 aromatic carbocycles. The lowest BCUT2D eigenvalue weighted by molar-refractivity contribution is -0.140. The molecule has 1 aromatic rings. The Balaban J connectivity index is 3.06. The summed E-state index contributed by atoms with van der Waals surface area (Å²) >= 11 is 0. The van der Waals surface area contributed by atoms with Gasteiger partial charge in [0.25, 0.3) is 0 Å². The van der Waals surface area contributed by atoms with Crippen LogP contribution in [0.2, 0.25) is 0 Å². The third-order valence-corrected chi connectivity index (χ3v) is 2.35. The third-order valence-electron chi connectivity index (χ3n) is 2.35. The fraction of sp³-hybridized carbons (Fsp3) is 0.273. The Morgan fingerprint density at radius 3 is 2.53 bits per heavy atom. The molecule has 1 unspecified atom stereocenters. The van der Waals surface area contributed by atoms with Crippen molar-refractivity contribution in [3.8, 4) is 0 Å². The van der Waals surface area contributed by atoms with Gasteiger partial charge in [0, 0.05) is 0 Å². The predicted molar refractivity (Wildman–Crippen MR) is 55.5 cm³/mol. The van der Waals surface area contributed by atoms with E-state index in [0.717, 1.165) is 11.1 Å². The third kappa shape index (κ3) is 2.56. The summed E-state index contributed by atoms with van der Waals surface area (Å²) < 4.78 is 0. The maximum absolute atomic E-state index is 10.9. The normalized spacial score (nSPS) is 11.9. The van der Waals surface area contributed by atoms with Gasteiger partial charge in [-0.1, -0.05) is 18.2 Å². The number of benzene rings is 1. The Morgan fingerprint density at radius 2 is 2.07 bits per heavy atom. The molecule has 0 spiro atoms. The monoisotopic (exact) mass is 207 g/mol. The first-order valence-electron chi connectivity index (χ1n) is 4.56. The van der Waals surface area contributed by atoms with Crippen molar-refractivity contribution >= 4 is 12.4 Å². The maximum Gasteiger partial charge on any atom is 0.330 e. The molecule has 0 heterocycles. The van der Waals surface area contributed by atoms with Crippen LogP contribution in [-0.2, 0) is 9.59 Å². The first kappa shape index (κ1) is 11.2. The highest BCUT2D eigenvalue weighted by Gasteiger charge is 2.18. The number of hydrogen-bond donors (Lipinski definition) is 2. The van der Waals surface area contributed by atoms with Crippen LogP contribution in [0.25, 0.3) is 0 Å². The molecule has 0 aliphatic carbocycles. The van der Waals surface area contributed by atoms with Gasteiger partial charge in [0.05, 0.1) is 0 Å². The minimum atomic E-state index is -1.06. The number of amides is 1. The molecule has 1 rings (SSSR count). The quantitative estimate of drug-likeness (QED) is 0.728. The van der Waals surface area contributed by atoms with E-state index in [2.05, 4.69) is 5.32 Å². The number of carboxylic acids is 1. The zero-order valence-corrected chi connectivity index (χ0v) is 8.65. The second-order valence-corrected chi connectivity index (χ2v) is 3.40. The summed E-state index contributed by atoms with van der Waals surface area (Å²) in [7, 11) is 0. The average Bonchev–Trinajstić information content (AvgIpc) is 2.18. The Hall–Kier alpha value is -1.84. The van der Waals surface area contributed by atoms with Gasteiger partial charge >= 0.3 is 5.97 Å². The van der Waals surface area contributed by atoms with Gasteiger partial charge in [0.1, 0.15) is 0 Å². The van der Waals surface area contributed by atoms with E-state index in [9.17, 15) is 9.59 Å². The Kier molecular flexibility index (Phi) is 3.44. The zero-order chi connectivity index (χ0) is 11.4. The van der Waals surface area contributed by atoms with Crippen LogP contribution in [0.15, 0.2) is 18.2 Å². The van der Waals surface area contributed by atoms with Crippen LogP contribution in [0.1, 0.15) is 22.7 Å². The molecule has 0 aliphatic heterocycles. The van der Waals surface area contributed by atoms with E-state index < -0.39 is 12.0 Å². The number of carbonyl (C=O) groups excluding carboxylic acids is 1. The van der Waals surface area contributed by atoms with Crippen molar-refractivity contribution < 1.29 is 14.7 Å². The van der Waals surface area contributed by atoms with Gasteiger partial charge in [-0.25, -0.2) is 4.79 Å². The van der Waals surface area contributed by atoms with Crippen LogP contribution in [0, 0.1) is 13.8 Å². The smallest absolute Gasteiger partial charge is 0.330 e. The molecule has 0 aromatic heterocycles. The summed E-state index contributed by atoms with van der Waals surface area (Å²) in [5, 5.41) is 11.2. The van der Waals surface area contributed by atoms with Gasteiger partial charge in [-0.15, -0.1) is 0 Å². The number of rotatable bonds is 4. The summed E-state index contributed by atoms with van der Waals surface area (Å²) in [5.41, 5.74) is 2.68. The van der Waals surface area contributed by atoms with Crippen molar-refractivity contribution in [1.29, 1.82) is 0 Å². The molecule has 80 valence electrons. The Morgan fingerprint density at radius 1 is 1.40 bits per heavy atom. The molecular formula is C11H13NO3. The summed E-state index contributed by atoms with van der Waals surface area (Å²) in [6.07, 6.45) is 0.397. The second kappa shape index (κ2) is 4.59. The van der Waals surface area contributed by atoms with Gasteiger partial charge in [-0.2, -0.15) is 0 Å². The van der Waals surface area contributed by atoms with Crippen molar-refractivity contribution in [2.45, 2.75) is 19.9 Å². The number of carboxylic acid groups (broad SMARTS) is 1. The van der Waals surface area contributed by atoms with Crippen molar-refractivity contribution in [3.63, 3.8) is 0 Å². The number of aryl methyl sites for hydroxylation is 2. The summed E-state index contributed by atoms with van der Waals surface area (Å²) in [4.78, 5) is 21.1. The van der Waals surface area contributed by atoms with Gasteiger partial charge in [0.2, 0.25) is 6.41 Å². The average molecular weight is 207 g/mol. The summed E-state index contributed by atoms with van der Waals surface area (Å²) in [6, 6.07) is 4.34. The molecule has 2 N–H and O–H groups in total. The first-order valence-corrected chi connectivity index (χ1v) is 4.56. The number of carbonyl (C=O) groups is 2. The molecule has 1 atom stereocenters. The minimum absolute atomic E-state index is 0.397. The fourth-order valence-electron chi connectivity index (χ4n) is 1.32. The van der Waals surface area contributed by atoms with Crippen LogP contribution in [0.3, 0.4) is 0 Å². The standard InChI is InChI=1S/C11H13NO3/c1-7-3-4-9(5-8(7)2)10(11(14)15)12-6-13/h3-6,10H,1-2H3,(H,12,13)(H,14,15). The van der Waals surface area contributed by atoms with E-state index in [1.54, 1.807) is 12.1 Å². The lowest BCUT2D eigenvalue weighted by Gasteiger charge is -2.12. The number of nitrogens with one attached hydrogen (secondary N) is 1. The van der Waals surface area contributed by atoms with Gasteiger partial charge < -0.3 is 10.4 Å². The van der Waals surface area contributed by atoms with Crippen molar-refractivity contribution in [2.75, 3.05) is 0 Å². The van der Waals surface area contributed by atoms with Crippen LogP contribution in [0.4, 0.5) is 0 Å². The van der Waals surface area contributed by atoms with Crippen molar-refractivity contribution in [3.05, 3.63) is 34.9 Å². The van der Waals surface area contributed by atoms with E-state index in [1.165, 1.54) is 0 Å². The van der Waals surface area contributed by atoms with Gasteiger partial charge in [-0.3, -0.25) is 4.79 Å². The van der Waals surface area contributed by atoms with E-state index in [0.29, 0.717) is 12.0 Å². The van der Waals surface area contributed by atoms with Gasteiger partial charge in [0.15, 0.2) is 6.04 Å². The molecular weight excluding hydrogens is 194 g/mol. The van der Waals surface area contributed by atoms with Crippen LogP contribution in [0.5, 0.6) is 0 Å². The lowest BCUT2D eigenvalue weighted by atomic mass is 10.0. The molecule has 15 heavy (non-hydrogen) atoms. The molecule has 4 nitrogen and oxygen atoms in total. The molecule has 1 amide bonds. The first-order chi connectivity index (χ1) is 7.06. The van der Waals surface area contributed by atoms with E-state index in [4.69, 9.17) is 5.11 Å². The molecule has 0 fully saturated rings. The van der Waals surface area contributed by atoms with Crippen molar-refractivity contribution in [2.24, 2.45) is 0 Å². The minimum Gasteiger partial charge on any atom is -0.479 e. The van der Waals surface area contributed by atoms with Crippen LogP contribution in [-0.4, -0.2) is 17.5 Å². The highest BCUT2D eigenvalue weighted by atomic mass is 16.4. The highest BCUT2D eigenvalue weighted by Crippen LogP contribution is 2.16. The maximum atomic E-state index is 10.9. The fourth-order valence-corrected chi connectivity index (χ4v) is 1.32. The molecule has 4 heteroatoms. The Labute approximate surface area is 87.9 Å². The predicted octanol–water partition coefficient (Wildman–Crippen LogP) is 1.18. The lowest BCUT2D eigenvalue weighted by Crippen LogP contribution is -2.27. The summed E-state index contributed by atoms with van der Waals surface area (Å²) in [6.45, 7) is 3.85. The largest absolute Gasteiger partial charge is 0.479 e. The zero-order valence-electron chi connectivity index (χ0n) is 8.65. The number of aliphatic carboxylic acids is 1. The Bertz CT molecular complexity index is 387. The topological polar surface area (TPSA) is 66.4 Å². The molecule has 0 aliphatic rings.